The quantitative estimate of drug-likeness (QED) is 0.845. The Morgan fingerprint density at radius 3 is 2.78 bits per heavy atom. The number of aliphatic carboxylic acids is 1. The molecule has 0 saturated heterocycles. The maximum Gasteiger partial charge on any atom is 0.308 e. The Kier molecular flexibility index (Phi) is 4.24. The molecule has 2 N–H and O–H groups in total. The van der Waals surface area contributed by atoms with Crippen LogP contribution in [0.1, 0.15) is 29.6 Å². The minimum atomic E-state index is -0.849. The summed E-state index contributed by atoms with van der Waals surface area (Å²) in [5, 5.41) is 13.4. The van der Waals surface area contributed by atoms with Crippen molar-refractivity contribution in [1.29, 1.82) is 0 Å². The van der Waals surface area contributed by atoms with Gasteiger partial charge in [-0.2, -0.15) is 0 Å². The fraction of sp³-hybridized carbons (Fsp3) is 0.500. The van der Waals surface area contributed by atoms with E-state index in [2.05, 4.69) is 5.32 Å². The van der Waals surface area contributed by atoms with Crippen molar-refractivity contribution in [3.05, 3.63) is 21.3 Å². The first-order valence-electron chi connectivity index (χ1n) is 5.82. The molecule has 0 aromatic carbocycles. The summed E-state index contributed by atoms with van der Waals surface area (Å²) in [7, 11) is 0. The van der Waals surface area contributed by atoms with Gasteiger partial charge in [-0.25, -0.2) is 0 Å². The largest absolute Gasteiger partial charge is 0.481 e. The zero-order chi connectivity index (χ0) is 13.1. The Hall–Kier alpha value is -1.07. The highest BCUT2D eigenvalue weighted by Gasteiger charge is 2.29. The van der Waals surface area contributed by atoms with E-state index < -0.39 is 11.9 Å². The number of carboxylic acid groups (broad SMARTS) is 1. The molecule has 1 amide bonds. The van der Waals surface area contributed by atoms with Gasteiger partial charge in [-0.05, 0) is 23.8 Å². The Bertz CT molecular complexity index is 456. The minimum absolute atomic E-state index is 0.164. The molecule has 6 heteroatoms. The smallest absolute Gasteiger partial charge is 0.308 e. The minimum Gasteiger partial charge on any atom is -0.481 e. The Balaban J connectivity index is 1.87. The molecule has 2 rings (SSSR count). The molecule has 98 valence electrons. The molecule has 1 atom stereocenters. The number of hydrogen-bond acceptors (Lipinski definition) is 3. The Morgan fingerprint density at radius 1 is 1.56 bits per heavy atom. The highest BCUT2D eigenvalue weighted by molar-refractivity contribution is 7.14. The van der Waals surface area contributed by atoms with Gasteiger partial charge in [0.2, 0.25) is 0 Å². The monoisotopic (exact) mass is 287 g/mol. The van der Waals surface area contributed by atoms with Gasteiger partial charge in [0.1, 0.15) is 4.34 Å². The lowest BCUT2D eigenvalue weighted by Gasteiger charge is -2.12. The van der Waals surface area contributed by atoms with Crippen LogP contribution in [0.15, 0.2) is 11.4 Å². The van der Waals surface area contributed by atoms with E-state index in [1.54, 1.807) is 11.4 Å². The van der Waals surface area contributed by atoms with Gasteiger partial charge in [-0.3, -0.25) is 9.59 Å². The fourth-order valence-electron chi connectivity index (χ4n) is 1.79. The number of nitrogens with one attached hydrogen (secondary N) is 1. The zero-order valence-corrected chi connectivity index (χ0v) is 11.3. The molecule has 1 aromatic rings. The van der Waals surface area contributed by atoms with Crippen LogP contribution in [0.2, 0.25) is 4.34 Å². The molecule has 0 radical (unpaired) electrons. The summed E-state index contributed by atoms with van der Waals surface area (Å²) in [4.78, 5) is 22.8. The van der Waals surface area contributed by atoms with Crippen LogP contribution in [-0.2, 0) is 4.79 Å². The van der Waals surface area contributed by atoms with Gasteiger partial charge >= 0.3 is 5.97 Å². The molecular weight excluding hydrogens is 274 g/mol. The molecule has 0 bridgehead atoms. The van der Waals surface area contributed by atoms with Gasteiger partial charge in [0.15, 0.2) is 0 Å². The van der Waals surface area contributed by atoms with Crippen molar-refractivity contribution in [3.8, 4) is 0 Å². The van der Waals surface area contributed by atoms with Gasteiger partial charge in [-0.1, -0.05) is 24.4 Å². The second kappa shape index (κ2) is 5.71. The summed E-state index contributed by atoms with van der Waals surface area (Å²) in [6.45, 7) is 0.164. The van der Waals surface area contributed by atoms with E-state index in [9.17, 15) is 9.59 Å². The summed E-state index contributed by atoms with van der Waals surface area (Å²) in [5.74, 6) is -1.13. The van der Waals surface area contributed by atoms with Crippen LogP contribution in [-0.4, -0.2) is 23.5 Å². The van der Waals surface area contributed by atoms with Crippen LogP contribution in [0.3, 0.4) is 0 Å². The molecule has 1 aliphatic rings. The fourth-order valence-corrected chi connectivity index (χ4v) is 2.71. The Labute approximate surface area is 114 Å². The molecule has 1 aromatic heterocycles. The summed E-state index contributed by atoms with van der Waals surface area (Å²) in [6, 6.07) is 1.64. The number of halogens is 1. The third-order valence-corrected chi connectivity index (χ3v) is 4.21. The lowest BCUT2D eigenvalue weighted by atomic mass is 10.0. The van der Waals surface area contributed by atoms with E-state index in [4.69, 9.17) is 16.7 Å². The van der Waals surface area contributed by atoms with Crippen molar-refractivity contribution in [2.45, 2.75) is 19.3 Å². The number of carboxylic acids is 1. The third kappa shape index (κ3) is 3.46. The molecule has 0 aliphatic heterocycles. The first-order chi connectivity index (χ1) is 8.58. The first-order valence-corrected chi connectivity index (χ1v) is 7.07. The number of carbonyl (C=O) groups excluding carboxylic acids is 1. The van der Waals surface area contributed by atoms with Crippen molar-refractivity contribution in [1.82, 2.24) is 5.32 Å². The summed E-state index contributed by atoms with van der Waals surface area (Å²) in [6.07, 6.45) is 2.86. The number of rotatable bonds is 6. The van der Waals surface area contributed by atoms with Crippen LogP contribution >= 0.6 is 22.9 Å². The summed E-state index contributed by atoms with van der Waals surface area (Å²) < 4.78 is 0.432. The predicted molar refractivity (Wildman–Crippen MR) is 70.1 cm³/mol. The maximum absolute atomic E-state index is 11.8. The molecule has 0 spiro atoms. The second-order valence-electron chi connectivity index (χ2n) is 4.53. The van der Waals surface area contributed by atoms with E-state index in [0.717, 1.165) is 12.8 Å². The Morgan fingerprint density at radius 2 is 2.28 bits per heavy atom. The lowest BCUT2D eigenvalue weighted by molar-refractivity contribution is -0.141. The SMILES string of the molecule is O=C(NCC(CC1CC1)C(=O)O)c1ccsc1Cl. The molecular formula is C12H14ClNO3S. The maximum atomic E-state index is 11.8. The molecule has 1 saturated carbocycles. The zero-order valence-electron chi connectivity index (χ0n) is 9.69. The second-order valence-corrected chi connectivity index (χ2v) is 6.05. The highest BCUT2D eigenvalue weighted by atomic mass is 35.5. The van der Waals surface area contributed by atoms with E-state index in [1.807, 2.05) is 0 Å². The highest BCUT2D eigenvalue weighted by Crippen LogP contribution is 2.35. The first kappa shape index (κ1) is 13.4. The summed E-state index contributed by atoms with van der Waals surface area (Å²) in [5.41, 5.74) is 0.414. The van der Waals surface area contributed by atoms with Crippen molar-refractivity contribution in [3.63, 3.8) is 0 Å². The van der Waals surface area contributed by atoms with E-state index in [0.29, 0.717) is 22.2 Å². The third-order valence-electron chi connectivity index (χ3n) is 3.04. The molecule has 1 heterocycles. The average molecular weight is 288 g/mol. The molecule has 1 aliphatic carbocycles. The van der Waals surface area contributed by atoms with Gasteiger partial charge in [-0.15, -0.1) is 11.3 Å². The predicted octanol–water partition coefficient (Wildman–Crippen LogP) is 2.63. The molecule has 1 fully saturated rings. The van der Waals surface area contributed by atoms with Gasteiger partial charge in [0, 0.05) is 6.54 Å². The molecule has 18 heavy (non-hydrogen) atoms. The van der Waals surface area contributed by atoms with E-state index in [1.165, 1.54) is 11.3 Å². The van der Waals surface area contributed by atoms with Crippen LogP contribution in [0, 0.1) is 11.8 Å². The van der Waals surface area contributed by atoms with Crippen molar-refractivity contribution < 1.29 is 14.7 Å². The summed E-state index contributed by atoms with van der Waals surface area (Å²) >= 11 is 7.13. The van der Waals surface area contributed by atoms with Gasteiger partial charge in [0.05, 0.1) is 11.5 Å². The number of amides is 1. The van der Waals surface area contributed by atoms with Crippen LogP contribution in [0.5, 0.6) is 0 Å². The lowest BCUT2D eigenvalue weighted by Crippen LogP contribution is -2.33. The molecule has 1 unspecified atom stereocenters. The van der Waals surface area contributed by atoms with E-state index >= 15 is 0 Å². The number of thiophene rings is 1. The van der Waals surface area contributed by atoms with Gasteiger partial charge in [0.25, 0.3) is 5.91 Å². The van der Waals surface area contributed by atoms with Gasteiger partial charge < -0.3 is 10.4 Å². The number of hydrogen-bond donors (Lipinski definition) is 2. The standard InChI is InChI=1S/C12H14ClNO3S/c13-10-9(3-4-18-10)11(15)14-6-8(12(16)17)5-7-1-2-7/h3-4,7-8H,1-2,5-6H2,(H,14,15)(H,16,17). The normalized spacial score (nSPS) is 16.3. The van der Waals surface area contributed by atoms with E-state index in [-0.39, 0.29) is 12.5 Å². The van der Waals surface area contributed by atoms with Crippen LogP contribution in [0.25, 0.3) is 0 Å². The van der Waals surface area contributed by atoms with Crippen LogP contribution < -0.4 is 5.32 Å². The van der Waals surface area contributed by atoms with Crippen molar-refractivity contribution in [2.24, 2.45) is 11.8 Å². The number of carbonyl (C=O) groups is 2. The van der Waals surface area contributed by atoms with Crippen molar-refractivity contribution in [2.75, 3.05) is 6.54 Å². The molecule has 4 nitrogen and oxygen atoms in total. The van der Waals surface area contributed by atoms with Crippen LogP contribution in [0.4, 0.5) is 0 Å². The average Bonchev–Trinajstić information content (AvgIpc) is 3.04. The van der Waals surface area contributed by atoms with Crippen molar-refractivity contribution >= 4 is 34.8 Å². The topological polar surface area (TPSA) is 66.4 Å².